The Kier molecular flexibility index (Phi) is 7.28. The van der Waals surface area contributed by atoms with Gasteiger partial charge in [0.2, 0.25) is 5.91 Å². The monoisotopic (exact) mass is 463 g/mol. The number of hydrogen-bond acceptors (Lipinski definition) is 8. The zero-order chi connectivity index (χ0) is 23.0. The van der Waals surface area contributed by atoms with Crippen molar-refractivity contribution in [2.45, 2.75) is 81.8 Å². The number of nitrogens with one attached hydrogen (secondary N) is 5. The number of hydrogen-bond donors (Lipinski definition) is 5. The van der Waals surface area contributed by atoms with E-state index in [1.54, 1.807) is 0 Å². The van der Waals surface area contributed by atoms with Crippen molar-refractivity contribution in [2.24, 2.45) is 17.3 Å². The van der Waals surface area contributed by atoms with Gasteiger partial charge in [-0.05, 0) is 77.9 Å². The SMILES string of the molecule is CN(C)CC1CC(C(=O)NC2CCCC(C3(CC4NNCN4C)COC3)C2)NC(C2CC2)N1. The lowest BCUT2D eigenvalue weighted by atomic mass is 9.64. The number of ether oxygens (including phenoxy) is 1. The third-order valence-corrected chi connectivity index (χ3v) is 8.71. The maximum absolute atomic E-state index is 13.4. The Morgan fingerprint density at radius 2 is 1.97 bits per heavy atom. The minimum atomic E-state index is -0.0921. The Labute approximate surface area is 199 Å². The van der Waals surface area contributed by atoms with E-state index < -0.39 is 0 Å². The second kappa shape index (κ2) is 10.0. The highest BCUT2D eigenvalue weighted by molar-refractivity contribution is 5.82. The van der Waals surface area contributed by atoms with Crippen LogP contribution in [0.5, 0.6) is 0 Å². The van der Waals surface area contributed by atoms with Gasteiger partial charge in [-0.15, -0.1) is 0 Å². The summed E-state index contributed by atoms with van der Waals surface area (Å²) in [6.07, 6.45) is 9.75. The molecule has 5 N–H and O–H groups in total. The number of amides is 1. The molecular weight excluding hydrogens is 418 g/mol. The van der Waals surface area contributed by atoms with Crippen LogP contribution in [0.15, 0.2) is 0 Å². The van der Waals surface area contributed by atoms with Crippen molar-refractivity contribution >= 4 is 5.91 Å². The van der Waals surface area contributed by atoms with Gasteiger partial charge in [-0.2, -0.15) is 0 Å². The molecule has 6 atom stereocenters. The summed E-state index contributed by atoms with van der Waals surface area (Å²) in [5.74, 6) is 1.50. The van der Waals surface area contributed by atoms with Crippen molar-refractivity contribution in [1.29, 1.82) is 0 Å². The largest absolute Gasteiger partial charge is 0.380 e. The summed E-state index contributed by atoms with van der Waals surface area (Å²) in [5, 5.41) is 10.9. The minimum absolute atomic E-state index is 0.0921. The molecule has 3 heterocycles. The van der Waals surface area contributed by atoms with E-state index in [0.29, 0.717) is 24.0 Å². The molecule has 5 rings (SSSR count). The lowest BCUT2D eigenvalue weighted by molar-refractivity contribution is -0.166. The van der Waals surface area contributed by atoms with Crippen molar-refractivity contribution in [1.82, 2.24) is 36.6 Å². The van der Waals surface area contributed by atoms with E-state index in [1.807, 2.05) is 0 Å². The number of carbonyl (C=O) groups is 1. The van der Waals surface area contributed by atoms with E-state index >= 15 is 0 Å². The number of nitrogens with zero attached hydrogens (tertiary/aromatic N) is 2. The summed E-state index contributed by atoms with van der Waals surface area (Å²) >= 11 is 0. The molecule has 1 amide bonds. The fraction of sp³-hybridized carbons (Fsp3) is 0.958. The van der Waals surface area contributed by atoms with E-state index in [0.717, 1.165) is 52.1 Å². The topological polar surface area (TPSA) is 92.9 Å². The molecule has 0 aromatic carbocycles. The fourth-order valence-corrected chi connectivity index (χ4v) is 6.56. The van der Waals surface area contributed by atoms with Crippen LogP contribution in [0.2, 0.25) is 0 Å². The molecule has 5 aliphatic rings. The summed E-state index contributed by atoms with van der Waals surface area (Å²) < 4.78 is 5.76. The molecule has 9 nitrogen and oxygen atoms in total. The van der Waals surface area contributed by atoms with Crippen LogP contribution in [0, 0.1) is 17.3 Å². The van der Waals surface area contributed by atoms with Gasteiger partial charge in [0.1, 0.15) is 0 Å². The van der Waals surface area contributed by atoms with Gasteiger partial charge < -0.3 is 15.0 Å². The Hall–Kier alpha value is -0.810. The van der Waals surface area contributed by atoms with Gasteiger partial charge in [-0.3, -0.25) is 20.3 Å². The second-order valence-corrected chi connectivity index (χ2v) is 11.8. The maximum atomic E-state index is 13.4. The third kappa shape index (κ3) is 5.55. The molecule has 0 aromatic rings. The molecule has 2 saturated carbocycles. The summed E-state index contributed by atoms with van der Waals surface area (Å²) in [6.45, 7) is 3.57. The average Bonchev–Trinajstić information content (AvgIpc) is 3.53. The van der Waals surface area contributed by atoms with Crippen LogP contribution >= 0.6 is 0 Å². The van der Waals surface area contributed by atoms with Crippen molar-refractivity contribution in [3.63, 3.8) is 0 Å². The molecule has 9 heteroatoms. The van der Waals surface area contributed by atoms with E-state index in [2.05, 4.69) is 57.7 Å². The molecule has 5 fully saturated rings. The van der Waals surface area contributed by atoms with Gasteiger partial charge in [0.25, 0.3) is 0 Å². The highest BCUT2D eigenvalue weighted by Crippen LogP contribution is 2.47. The zero-order valence-electron chi connectivity index (χ0n) is 20.7. The third-order valence-electron chi connectivity index (χ3n) is 8.71. The molecule has 0 aromatic heterocycles. The fourth-order valence-electron chi connectivity index (χ4n) is 6.56. The summed E-state index contributed by atoms with van der Waals surface area (Å²) in [4.78, 5) is 17.9. The molecule has 33 heavy (non-hydrogen) atoms. The van der Waals surface area contributed by atoms with Gasteiger partial charge in [0.05, 0.1) is 38.3 Å². The normalized spacial score (nSPS) is 39.4. The Bertz CT molecular complexity index is 684. The Morgan fingerprint density at radius 1 is 1.15 bits per heavy atom. The molecule has 6 unspecified atom stereocenters. The van der Waals surface area contributed by atoms with Gasteiger partial charge in [-0.25, -0.2) is 10.9 Å². The Morgan fingerprint density at radius 3 is 2.61 bits per heavy atom. The number of likely N-dealkylation sites (N-methyl/N-ethyl adjacent to an activating group) is 1. The lowest BCUT2D eigenvalue weighted by Gasteiger charge is -2.51. The van der Waals surface area contributed by atoms with E-state index in [1.165, 1.54) is 25.7 Å². The number of carbonyl (C=O) groups excluding carboxylic acids is 1. The minimum Gasteiger partial charge on any atom is -0.380 e. The van der Waals surface area contributed by atoms with Crippen LogP contribution in [0.4, 0.5) is 0 Å². The quantitative estimate of drug-likeness (QED) is 0.344. The van der Waals surface area contributed by atoms with E-state index in [4.69, 9.17) is 4.74 Å². The van der Waals surface area contributed by atoms with Crippen LogP contribution in [0.1, 0.15) is 51.4 Å². The number of hydrazine groups is 1. The molecule has 3 aliphatic heterocycles. The standard InChI is InChI=1S/C24H45N7O2/c1-30(2)12-19-10-20(28-22(26-19)16-7-8-16)23(32)27-18-6-4-5-17(9-18)24(13-33-14-24)11-21-29-25-15-31(21)3/h16-22,25-26,28-29H,4-15H2,1-3H3,(H,27,32). The summed E-state index contributed by atoms with van der Waals surface area (Å²) in [5.41, 5.74) is 6.92. The summed E-state index contributed by atoms with van der Waals surface area (Å²) in [7, 11) is 6.39. The molecule has 0 radical (unpaired) electrons. The first kappa shape index (κ1) is 23.9. The van der Waals surface area contributed by atoms with Crippen LogP contribution in [0.25, 0.3) is 0 Å². The van der Waals surface area contributed by atoms with Gasteiger partial charge in [0.15, 0.2) is 0 Å². The highest BCUT2D eigenvalue weighted by atomic mass is 16.5. The molecule has 2 aliphatic carbocycles. The van der Waals surface area contributed by atoms with Gasteiger partial charge in [-0.1, -0.05) is 6.42 Å². The molecule has 0 bridgehead atoms. The van der Waals surface area contributed by atoms with E-state index in [9.17, 15) is 4.79 Å². The van der Waals surface area contributed by atoms with Crippen molar-refractivity contribution in [3.8, 4) is 0 Å². The molecule has 0 spiro atoms. The predicted octanol–water partition coefficient (Wildman–Crippen LogP) is 0.00910. The Balaban J connectivity index is 1.18. The van der Waals surface area contributed by atoms with Crippen molar-refractivity contribution in [3.05, 3.63) is 0 Å². The van der Waals surface area contributed by atoms with Crippen LogP contribution in [-0.4, -0.2) is 93.7 Å². The molecule has 188 valence electrons. The first-order valence-corrected chi connectivity index (χ1v) is 13.2. The van der Waals surface area contributed by atoms with Gasteiger partial charge in [0, 0.05) is 24.0 Å². The van der Waals surface area contributed by atoms with Crippen molar-refractivity contribution < 1.29 is 9.53 Å². The van der Waals surface area contributed by atoms with Gasteiger partial charge >= 0.3 is 0 Å². The van der Waals surface area contributed by atoms with Crippen molar-refractivity contribution in [2.75, 3.05) is 47.6 Å². The lowest BCUT2D eigenvalue weighted by Crippen LogP contribution is -2.65. The van der Waals surface area contributed by atoms with Crippen LogP contribution in [0.3, 0.4) is 0 Å². The van der Waals surface area contributed by atoms with Crippen LogP contribution < -0.4 is 26.8 Å². The first-order valence-electron chi connectivity index (χ1n) is 13.2. The highest BCUT2D eigenvalue weighted by Gasteiger charge is 2.49. The second-order valence-electron chi connectivity index (χ2n) is 11.8. The zero-order valence-corrected chi connectivity index (χ0v) is 20.7. The van der Waals surface area contributed by atoms with Crippen LogP contribution in [-0.2, 0) is 9.53 Å². The smallest absolute Gasteiger partial charge is 0.237 e. The first-order chi connectivity index (χ1) is 15.9. The summed E-state index contributed by atoms with van der Waals surface area (Å²) in [6, 6.07) is 0.552. The maximum Gasteiger partial charge on any atom is 0.237 e. The average molecular weight is 464 g/mol. The molecule has 3 saturated heterocycles. The molecular formula is C24H45N7O2. The van der Waals surface area contributed by atoms with E-state index in [-0.39, 0.29) is 29.6 Å². The number of rotatable bonds is 8. The predicted molar refractivity (Wildman–Crippen MR) is 128 cm³/mol.